The number of rotatable bonds is 0. The van der Waals surface area contributed by atoms with Crippen LogP contribution in [0.3, 0.4) is 0 Å². The molecule has 2 rings (SSSR count). The predicted octanol–water partition coefficient (Wildman–Crippen LogP) is 2.01. The molecule has 0 N–H and O–H groups in total. The van der Waals surface area contributed by atoms with E-state index in [1.165, 1.54) is 19.3 Å². The predicted molar refractivity (Wildman–Crippen MR) is 39.6 cm³/mol. The normalized spacial score (nSPS) is 52.4. The molecular weight excluding hydrogens is 124 g/mol. The summed E-state index contributed by atoms with van der Waals surface area (Å²) < 4.78 is 0. The maximum atomic E-state index is 11.4. The van der Waals surface area contributed by atoms with E-state index in [1.807, 2.05) is 0 Å². The van der Waals surface area contributed by atoms with Gasteiger partial charge >= 0.3 is 0 Å². The first-order valence-corrected chi connectivity index (χ1v) is 4.17. The summed E-state index contributed by atoms with van der Waals surface area (Å²) in [6.07, 6.45) is 3.62. The van der Waals surface area contributed by atoms with Crippen LogP contribution < -0.4 is 0 Å². The molecule has 3 atom stereocenters. The summed E-state index contributed by atoms with van der Waals surface area (Å²) in [5, 5.41) is 0. The standard InChI is InChI=1S/C9H14O/c1-6-8(10)7-3-4-9(6,2)5-7/h6-7H,3-5H2,1-2H3. The molecule has 0 spiro atoms. The van der Waals surface area contributed by atoms with Gasteiger partial charge in [0.15, 0.2) is 0 Å². The van der Waals surface area contributed by atoms with Crippen molar-refractivity contribution >= 4 is 5.78 Å². The second kappa shape index (κ2) is 1.63. The molecule has 0 saturated heterocycles. The van der Waals surface area contributed by atoms with Gasteiger partial charge in [0.2, 0.25) is 0 Å². The number of carbonyl (C=O) groups is 1. The van der Waals surface area contributed by atoms with Crippen LogP contribution in [0, 0.1) is 17.3 Å². The molecule has 0 aliphatic heterocycles. The zero-order chi connectivity index (χ0) is 7.35. The van der Waals surface area contributed by atoms with Crippen LogP contribution in [0.1, 0.15) is 33.1 Å². The Morgan fingerprint density at radius 2 is 2.30 bits per heavy atom. The number of Topliss-reactive ketones (excluding diaryl/α,β-unsaturated/α-hetero) is 1. The van der Waals surface area contributed by atoms with Crippen molar-refractivity contribution in [3.63, 3.8) is 0 Å². The summed E-state index contributed by atoms with van der Waals surface area (Å²) >= 11 is 0. The van der Waals surface area contributed by atoms with E-state index in [4.69, 9.17) is 0 Å². The lowest BCUT2D eigenvalue weighted by Crippen LogP contribution is -2.25. The second-order valence-corrected chi connectivity index (χ2v) is 4.22. The molecule has 2 aliphatic carbocycles. The molecule has 1 nitrogen and oxygen atoms in total. The lowest BCUT2D eigenvalue weighted by Gasteiger charge is -2.26. The Kier molecular flexibility index (Phi) is 1.04. The molecule has 2 saturated carbocycles. The Morgan fingerprint density at radius 3 is 2.60 bits per heavy atom. The summed E-state index contributed by atoms with van der Waals surface area (Å²) in [6.45, 7) is 4.37. The van der Waals surface area contributed by atoms with Gasteiger partial charge < -0.3 is 0 Å². The minimum atomic E-state index is 0.353. The molecule has 2 aliphatic rings. The molecule has 2 bridgehead atoms. The van der Waals surface area contributed by atoms with Crippen molar-refractivity contribution in [2.75, 3.05) is 0 Å². The fourth-order valence-corrected chi connectivity index (χ4v) is 2.60. The molecule has 0 aromatic carbocycles. The van der Waals surface area contributed by atoms with Gasteiger partial charge in [-0.3, -0.25) is 4.79 Å². The summed E-state index contributed by atoms with van der Waals surface area (Å²) in [4.78, 5) is 11.4. The Balaban J connectivity index is 2.34. The first-order valence-electron chi connectivity index (χ1n) is 4.17. The number of fused-ring (bicyclic) bond motifs is 2. The van der Waals surface area contributed by atoms with Crippen LogP contribution in [0.4, 0.5) is 0 Å². The van der Waals surface area contributed by atoms with Crippen LogP contribution in [0.2, 0.25) is 0 Å². The quantitative estimate of drug-likeness (QED) is 0.500. The average Bonchev–Trinajstić information content (AvgIpc) is 2.35. The molecule has 0 heterocycles. The lowest BCUT2D eigenvalue weighted by molar-refractivity contribution is -0.126. The fourth-order valence-electron chi connectivity index (χ4n) is 2.60. The maximum Gasteiger partial charge on any atom is 0.139 e. The Labute approximate surface area is 61.8 Å². The van der Waals surface area contributed by atoms with Gasteiger partial charge in [-0.25, -0.2) is 0 Å². The van der Waals surface area contributed by atoms with E-state index in [9.17, 15) is 4.79 Å². The van der Waals surface area contributed by atoms with Crippen molar-refractivity contribution in [2.24, 2.45) is 17.3 Å². The maximum absolute atomic E-state index is 11.4. The first kappa shape index (κ1) is 6.38. The summed E-state index contributed by atoms with van der Waals surface area (Å²) in [7, 11) is 0. The van der Waals surface area contributed by atoms with E-state index in [2.05, 4.69) is 13.8 Å². The van der Waals surface area contributed by atoms with Crippen LogP contribution >= 0.6 is 0 Å². The van der Waals surface area contributed by atoms with E-state index in [-0.39, 0.29) is 0 Å². The molecule has 3 unspecified atom stereocenters. The number of hydrogen-bond donors (Lipinski definition) is 0. The average molecular weight is 138 g/mol. The first-order chi connectivity index (χ1) is 4.63. The zero-order valence-corrected chi connectivity index (χ0v) is 6.68. The minimum absolute atomic E-state index is 0.353. The van der Waals surface area contributed by atoms with Crippen molar-refractivity contribution in [1.29, 1.82) is 0 Å². The van der Waals surface area contributed by atoms with Gasteiger partial charge in [-0.1, -0.05) is 13.8 Å². The highest BCUT2D eigenvalue weighted by Crippen LogP contribution is 2.54. The fraction of sp³-hybridized carbons (Fsp3) is 0.889. The zero-order valence-electron chi connectivity index (χ0n) is 6.68. The van der Waals surface area contributed by atoms with Gasteiger partial charge in [0.1, 0.15) is 5.78 Å². The van der Waals surface area contributed by atoms with Crippen LogP contribution in [0.25, 0.3) is 0 Å². The highest BCUT2D eigenvalue weighted by atomic mass is 16.1. The Bertz CT molecular complexity index is 185. The molecule has 10 heavy (non-hydrogen) atoms. The SMILES string of the molecule is CC1C(=O)C2CCC1(C)C2. The van der Waals surface area contributed by atoms with Crippen molar-refractivity contribution in [3.8, 4) is 0 Å². The van der Waals surface area contributed by atoms with E-state index >= 15 is 0 Å². The minimum Gasteiger partial charge on any atom is -0.299 e. The number of hydrogen-bond acceptors (Lipinski definition) is 1. The van der Waals surface area contributed by atoms with Gasteiger partial charge in [0, 0.05) is 11.8 Å². The third kappa shape index (κ3) is 0.561. The highest BCUT2D eigenvalue weighted by molar-refractivity contribution is 5.87. The topological polar surface area (TPSA) is 17.1 Å². The van der Waals surface area contributed by atoms with E-state index in [0.29, 0.717) is 23.0 Å². The van der Waals surface area contributed by atoms with Gasteiger partial charge in [-0.15, -0.1) is 0 Å². The smallest absolute Gasteiger partial charge is 0.139 e. The third-order valence-electron chi connectivity index (χ3n) is 3.65. The van der Waals surface area contributed by atoms with E-state index in [1.54, 1.807) is 0 Å². The molecule has 0 aromatic rings. The van der Waals surface area contributed by atoms with Crippen molar-refractivity contribution in [3.05, 3.63) is 0 Å². The van der Waals surface area contributed by atoms with Crippen molar-refractivity contribution < 1.29 is 4.79 Å². The Hall–Kier alpha value is -0.330. The highest BCUT2D eigenvalue weighted by Gasteiger charge is 2.52. The number of carbonyl (C=O) groups excluding carboxylic acids is 1. The molecule has 1 heteroatoms. The molecule has 2 fully saturated rings. The number of ketones is 1. The van der Waals surface area contributed by atoms with Crippen LogP contribution in [0.5, 0.6) is 0 Å². The largest absolute Gasteiger partial charge is 0.299 e. The van der Waals surface area contributed by atoms with E-state index < -0.39 is 0 Å². The molecular formula is C9H14O. The van der Waals surface area contributed by atoms with Gasteiger partial charge in [0.25, 0.3) is 0 Å². The third-order valence-corrected chi connectivity index (χ3v) is 3.65. The van der Waals surface area contributed by atoms with Gasteiger partial charge in [-0.2, -0.15) is 0 Å². The summed E-state index contributed by atoms with van der Waals surface area (Å²) in [5.74, 6) is 1.33. The summed E-state index contributed by atoms with van der Waals surface area (Å²) in [6, 6.07) is 0. The van der Waals surface area contributed by atoms with Crippen LogP contribution in [-0.4, -0.2) is 5.78 Å². The van der Waals surface area contributed by atoms with Gasteiger partial charge in [-0.05, 0) is 24.7 Å². The van der Waals surface area contributed by atoms with E-state index in [0.717, 1.165) is 0 Å². The summed E-state index contributed by atoms with van der Waals surface area (Å²) in [5.41, 5.74) is 0.391. The molecule has 0 aromatic heterocycles. The van der Waals surface area contributed by atoms with Crippen molar-refractivity contribution in [2.45, 2.75) is 33.1 Å². The Morgan fingerprint density at radius 1 is 1.60 bits per heavy atom. The molecule has 56 valence electrons. The second-order valence-electron chi connectivity index (χ2n) is 4.22. The van der Waals surface area contributed by atoms with Crippen LogP contribution in [0.15, 0.2) is 0 Å². The van der Waals surface area contributed by atoms with Crippen molar-refractivity contribution in [1.82, 2.24) is 0 Å². The lowest BCUT2D eigenvalue weighted by atomic mass is 9.77. The van der Waals surface area contributed by atoms with Crippen LogP contribution in [-0.2, 0) is 4.79 Å². The van der Waals surface area contributed by atoms with Gasteiger partial charge in [0.05, 0.1) is 0 Å². The monoisotopic (exact) mass is 138 g/mol. The molecule has 0 radical (unpaired) electrons. The molecule has 0 amide bonds.